The van der Waals surface area contributed by atoms with Crippen LogP contribution in [-0.2, 0) is 21.5 Å². The van der Waals surface area contributed by atoms with E-state index in [0.29, 0.717) is 39.3 Å². The maximum Gasteiger partial charge on any atom is 0.281 e. The Hall–Kier alpha value is -1.88. The summed E-state index contributed by atoms with van der Waals surface area (Å²) in [6.07, 6.45) is 4.45. The van der Waals surface area contributed by atoms with Crippen molar-refractivity contribution in [2.24, 2.45) is 5.92 Å². The summed E-state index contributed by atoms with van der Waals surface area (Å²) in [5.74, 6) is 1.45. The average Bonchev–Trinajstić information content (AvgIpc) is 3.33. The fraction of sp³-hybridized carbons (Fsp3) is 0.696. The third-order valence-corrected chi connectivity index (χ3v) is 9.23. The Morgan fingerprint density at radius 1 is 0.879 bits per heavy atom. The van der Waals surface area contributed by atoms with Gasteiger partial charge in [-0.15, -0.1) is 0 Å². The maximum atomic E-state index is 13.2. The molecule has 1 aromatic rings. The Bertz CT molecular complexity index is 958. The maximum absolute atomic E-state index is 13.2. The molecule has 0 radical (unpaired) electrons. The van der Waals surface area contributed by atoms with E-state index in [1.165, 1.54) is 5.56 Å². The molecule has 10 heteroatoms. The van der Waals surface area contributed by atoms with Crippen molar-refractivity contribution in [2.45, 2.75) is 38.6 Å². The number of fused-ring (bicyclic) bond motifs is 1. The second kappa shape index (κ2) is 9.77. The van der Waals surface area contributed by atoms with Crippen LogP contribution in [-0.4, -0.2) is 91.9 Å². The van der Waals surface area contributed by atoms with Crippen molar-refractivity contribution in [1.29, 1.82) is 0 Å². The van der Waals surface area contributed by atoms with Crippen molar-refractivity contribution in [1.82, 2.24) is 18.4 Å². The van der Waals surface area contributed by atoms with Gasteiger partial charge in [0.05, 0.1) is 5.92 Å². The molecule has 1 amide bonds. The Morgan fingerprint density at radius 2 is 1.61 bits per heavy atom. The van der Waals surface area contributed by atoms with Gasteiger partial charge in [0.25, 0.3) is 10.2 Å². The molecule has 182 valence electrons. The topological polar surface area (TPSA) is 82.6 Å². The number of rotatable bonds is 5. The lowest BCUT2D eigenvalue weighted by molar-refractivity contribution is -0.138. The van der Waals surface area contributed by atoms with Crippen molar-refractivity contribution in [3.63, 3.8) is 0 Å². The lowest BCUT2D eigenvalue weighted by atomic mass is 9.97. The van der Waals surface area contributed by atoms with Crippen LogP contribution in [0.5, 0.6) is 11.5 Å². The summed E-state index contributed by atoms with van der Waals surface area (Å²) >= 11 is 0. The zero-order valence-corrected chi connectivity index (χ0v) is 20.0. The van der Waals surface area contributed by atoms with Crippen molar-refractivity contribution in [2.75, 3.05) is 59.2 Å². The predicted octanol–water partition coefficient (Wildman–Crippen LogP) is 1.50. The van der Waals surface area contributed by atoms with Gasteiger partial charge in [-0.05, 0) is 43.4 Å². The van der Waals surface area contributed by atoms with E-state index < -0.39 is 10.2 Å². The van der Waals surface area contributed by atoms with Crippen molar-refractivity contribution in [3.05, 3.63) is 23.8 Å². The second-order valence-electron chi connectivity index (χ2n) is 9.45. The Kier molecular flexibility index (Phi) is 6.78. The van der Waals surface area contributed by atoms with Crippen LogP contribution in [0.1, 0.15) is 37.7 Å². The highest BCUT2D eigenvalue weighted by molar-refractivity contribution is 7.86. The third kappa shape index (κ3) is 4.99. The fourth-order valence-electron chi connectivity index (χ4n) is 5.29. The minimum atomic E-state index is -3.46. The lowest BCUT2D eigenvalue weighted by Crippen LogP contribution is -2.54. The average molecular weight is 479 g/mol. The van der Waals surface area contributed by atoms with E-state index in [1.54, 1.807) is 8.61 Å². The van der Waals surface area contributed by atoms with E-state index in [0.717, 1.165) is 63.2 Å². The Balaban J connectivity index is 1.13. The van der Waals surface area contributed by atoms with Crippen LogP contribution in [0.3, 0.4) is 0 Å². The molecule has 9 nitrogen and oxygen atoms in total. The molecule has 1 aromatic carbocycles. The first-order chi connectivity index (χ1) is 16.0. The van der Waals surface area contributed by atoms with Gasteiger partial charge in [-0.1, -0.05) is 12.5 Å². The van der Waals surface area contributed by atoms with E-state index in [-0.39, 0.29) is 18.6 Å². The van der Waals surface area contributed by atoms with Gasteiger partial charge < -0.3 is 14.4 Å². The molecule has 3 fully saturated rings. The van der Waals surface area contributed by atoms with E-state index in [2.05, 4.69) is 11.0 Å². The minimum absolute atomic E-state index is 0.108. The molecule has 0 saturated carbocycles. The van der Waals surface area contributed by atoms with Gasteiger partial charge in [-0.3, -0.25) is 9.69 Å². The number of piperazine rings is 1. The molecule has 0 N–H and O–H groups in total. The zero-order chi connectivity index (χ0) is 22.8. The molecule has 4 heterocycles. The monoisotopic (exact) mass is 478 g/mol. The molecule has 0 spiro atoms. The number of piperidine rings is 2. The lowest BCUT2D eigenvalue weighted by Gasteiger charge is -2.40. The molecule has 1 atom stereocenters. The van der Waals surface area contributed by atoms with E-state index >= 15 is 0 Å². The van der Waals surface area contributed by atoms with Gasteiger partial charge in [-0.25, -0.2) is 0 Å². The van der Waals surface area contributed by atoms with Gasteiger partial charge in [0, 0.05) is 58.9 Å². The van der Waals surface area contributed by atoms with Crippen LogP contribution in [0.2, 0.25) is 0 Å². The SMILES string of the molecule is O=C([C@H]1CCCN(S(=O)(=O)N2CCCCC2)C1)N1CCN(Cc2ccc3c(c2)OCO3)CC1. The summed E-state index contributed by atoms with van der Waals surface area (Å²) < 4.78 is 40.2. The number of ether oxygens (including phenoxy) is 2. The molecule has 0 aliphatic carbocycles. The smallest absolute Gasteiger partial charge is 0.281 e. The number of hydrogen-bond acceptors (Lipinski definition) is 6. The first kappa shape index (κ1) is 22.9. The fourth-order valence-corrected chi connectivity index (χ4v) is 7.07. The molecule has 5 rings (SSSR count). The van der Waals surface area contributed by atoms with E-state index in [9.17, 15) is 13.2 Å². The van der Waals surface area contributed by atoms with Crippen LogP contribution < -0.4 is 9.47 Å². The normalized spacial score (nSPS) is 25.3. The van der Waals surface area contributed by atoms with Gasteiger partial charge in [0.15, 0.2) is 11.5 Å². The van der Waals surface area contributed by atoms with E-state index in [4.69, 9.17) is 9.47 Å². The van der Waals surface area contributed by atoms with Crippen LogP contribution in [0.15, 0.2) is 18.2 Å². The van der Waals surface area contributed by atoms with Gasteiger partial charge in [0.2, 0.25) is 12.7 Å². The van der Waals surface area contributed by atoms with E-state index in [1.807, 2.05) is 17.0 Å². The highest BCUT2D eigenvalue weighted by atomic mass is 32.2. The van der Waals surface area contributed by atoms with Crippen LogP contribution in [0, 0.1) is 5.92 Å². The zero-order valence-electron chi connectivity index (χ0n) is 19.2. The summed E-state index contributed by atoms with van der Waals surface area (Å²) in [4.78, 5) is 17.5. The highest BCUT2D eigenvalue weighted by Gasteiger charge is 2.38. The summed E-state index contributed by atoms with van der Waals surface area (Å²) in [6, 6.07) is 6.04. The summed E-state index contributed by atoms with van der Waals surface area (Å²) in [5, 5.41) is 0. The molecule has 3 saturated heterocycles. The Labute approximate surface area is 196 Å². The Morgan fingerprint density at radius 3 is 2.39 bits per heavy atom. The van der Waals surface area contributed by atoms with Crippen LogP contribution in [0.4, 0.5) is 0 Å². The van der Waals surface area contributed by atoms with Gasteiger partial charge in [-0.2, -0.15) is 17.0 Å². The summed E-state index contributed by atoms with van der Waals surface area (Å²) in [6.45, 7) is 6.09. The summed E-state index contributed by atoms with van der Waals surface area (Å²) in [7, 11) is -3.46. The molecule has 0 unspecified atom stereocenters. The number of nitrogens with zero attached hydrogens (tertiary/aromatic N) is 4. The number of carbonyl (C=O) groups excluding carboxylic acids is 1. The first-order valence-electron chi connectivity index (χ1n) is 12.2. The minimum Gasteiger partial charge on any atom is -0.454 e. The largest absolute Gasteiger partial charge is 0.454 e. The van der Waals surface area contributed by atoms with Crippen molar-refractivity contribution < 1.29 is 22.7 Å². The number of benzene rings is 1. The van der Waals surface area contributed by atoms with Crippen LogP contribution >= 0.6 is 0 Å². The van der Waals surface area contributed by atoms with Crippen LogP contribution in [0.25, 0.3) is 0 Å². The van der Waals surface area contributed by atoms with Gasteiger partial charge in [0.1, 0.15) is 0 Å². The molecular weight excluding hydrogens is 444 g/mol. The molecule has 33 heavy (non-hydrogen) atoms. The molecule has 0 bridgehead atoms. The second-order valence-corrected chi connectivity index (χ2v) is 11.4. The number of amides is 1. The number of carbonyl (C=O) groups is 1. The predicted molar refractivity (Wildman–Crippen MR) is 123 cm³/mol. The van der Waals surface area contributed by atoms with Crippen molar-refractivity contribution in [3.8, 4) is 11.5 Å². The molecule has 4 aliphatic heterocycles. The standard InChI is InChI=1S/C23H34N4O5S/c28-23(20-5-4-10-27(17-20)33(29,30)26-8-2-1-3-9-26)25-13-11-24(12-14-25)16-19-6-7-21-22(15-19)32-18-31-21/h6-7,15,20H,1-5,8-14,16-18H2/t20-/m0/s1. The summed E-state index contributed by atoms with van der Waals surface area (Å²) in [5.41, 5.74) is 1.17. The highest BCUT2D eigenvalue weighted by Crippen LogP contribution is 2.33. The first-order valence-corrected chi connectivity index (χ1v) is 13.6. The molecule has 0 aromatic heterocycles. The quantitative estimate of drug-likeness (QED) is 0.638. The molecule has 4 aliphatic rings. The van der Waals surface area contributed by atoms with Gasteiger partial charge >= 0.3 is 0 Å². The third-order valence-electron chi connectivity index (χ3n) is 7.23. The molecular formula is C23H34N4O5S. The number of hydrogen-bond donors (Lipinski definition) is 0. The van der Waals surface area contributed by atoms with Crippen molar-refractivity contribution >= 4 is 16.1 Å².